The highest BCUT2D eigenvalue weighted by atomic mass is 16.5. The molecule has 0 saturated carbocycles. The first-order valence-corrected chi connectivity index (χ1v) is 11.0. The van der Waals surface area contributed by atoms with E-state index in [1.165, 1.54) is 18.4 Å². The molecule has 2 aromatic carbocycles. The highest BCUT2D eigenvalue weighted by Gasteiger charge is 2.35. The second-order valence-corrected chi connectivity index (χ2v) is 7.93. The Bertz CT molecular complexity index is 1230. The molecule has 0 bridgehead atoms. The topological polar surface area (TPSA) is 110 Å². The summed E-state index contributed by atoms with van der Waals surface area (Å²) in [7, 11) is 1.45. The normalized spacial score (nSPS) is 14.9. The van der Waals surface area contributed by atoms with Gasteiger partial charge in [-0.05, 0) is 36.8 Å². The summed E-state index contributed by atoms with van der Waals surface area (Å²) in [5.41, 5.74) is 3.04. The molecule has 3 aromatic rings. The Kier molecular flexibility index (Phi) is 7.25. The highest BCUT2D eigenvalue weighted by molar-refractivity contribution is 6.03. The summed E-state index contributed by atoms with van der Waals surface area (Å²) >= 11 is 0. The molecule has 1 aliphatic rings. The Balaban J connectivity index is 1.37. The van der Waals surface area contributed by atoms with Crippen molar-refractivity contribution in [2.24, 2.45) is 5.10 Å². The number of furan rings is 1. The van der Waals surface area contributed by atoms with E-state index < -0.39 is 37.0 Å². The summed E-state index contributed by atoms with van der Waals surface area (Å²) in [6.45, 7) is 1.07. The van der Waals surface area contributed by atoms with Crippen molar-refractivity contribution in [1.82, 2.24) is 10.3 Å². The Morgan fingerprint density at radius 1 is 1.09 bits per heavy atom. The summed E-state index contributed by atoms with van der Waals surface area (Å²) < 4.78 is 15.8. The van der Waals surface area contributed by atoms with Gasteiger partial charge in [0, 0.05) is 6.42 Å². The maximum absolute atomic E-state index is 12.9. The second kappa shape index (κ2) is 10.7. The molecule has 4 rings (SSSR count). The van der Waals surface area contributed by atoms with Crippen LogP contribution in [0.15, 0.2) is 76.4 Å². The number of carbonyl (C=O) groups excluding carboxylic acids is 3. The van der Waals surface area contributed by atoms with E-state index in [1.54, 1.807) is 36.4 Å². The largest absolute Gasteiger partial charge is 0.496 e. The van der Waals surface area contributed by atoms with Crippen LogP contribution in [0.1, 0.15) is 39.7 Å². The Labute approximate surface area is 202 Å². The lowest BCUT2D eigenvalue weighted by Gasteiger charge is -2.19. The average Bonchev–Trinajstić information content (AvgIpc) is 3.56. The van der Waals surface area contributed by atoms with Crippen molar-refractivity contribution in [3.63, 3.8) is 0 Å². The molecule has 35 heavy (non-hydrogen) atoms. The molecule has 180 valence electrons. The van der Waals surface area contributed by atoms with Crippen molar-refractivity contribution in [1.29, 1.82) is 0 Å². The third-order valence-electron chi connectivity index (χ3n) is 5.52. The van der Waals surface area contributed by atoms with E-state index in [-0.39, 0.29) is 5.56 Å². The Morgan fingerprint density at radius 3 is 2.57 bits per heavy atom. The summed E-state index contributed by atoms with van der Waals surface area (Å²) in [5.74, 6) is -0.778. The van der Waals surface area contributed by atoms with Crippen LogP contribution in [0.25, 0.3) is 0 Å². The number of nitrogens with one attached hydrogen (secondary N) is 1. The highest BCUT2D eigenvalue weighted by Crippen LogP contribution is 2.33. The van der Waals surface area contributed by atoms with Gasteiger partial charge in [-0.1, -0.05) is 42.0 Å². The zero-order chi connectivity index (χ0) is 24.8. The van der Waals surface area contributed by atoms with Gasteiger partial charge in [-0.2, -0.15) is 5.10 Å². The molecule has 2 amide bonds. The molecule has 0 saturated heterocycles. The molecule has 0 radical (unpaired) electrons. The minimum Gasteiger partial charge on any atom is -0.496 e. The fourth-order valence-electron chi connectivity index (χ4n) is 3.70. The van der Waals surface area contributed by atoms with E-state index in [0.29, 0.717) is 17.9 Å². The number of para-hydroxylation sites is 1. The smallest absolute Gasteiger partial charge is 0.325 e. The quantitative estimate of drug-likeness (QED) is 0.501. The van der Waals surface area contributed by atoms with E-state index >= 15 is 0 Å². The third kappa shape index (κ3) is 5.57. The first-order chi connectivity index (χ1) is 17.0. The molecular weight excluding hydrogens is 450 g/mol. The SMILES string of the molecule is COc1ccccc1C(=O)NCC(=O)OCC(=O)N1N=C(c2ccc(C)cc2)CC1c1ccco1. The van der Waals surface area contributed by atoms with Crippen LogP contribution in [-0.4, -0.2) is 48.8 Å². The number of amides is 2. The molecule has 2 heterocycles. The van der Waals surface area contributed by atoms with Gasteiger partial charge in [0.15, 0.2) is 6.61 Å². The van der Waals surface area contributed by atoms with Crippen molar-refractivity contribution in [3.8, 4) is 5.75 Å². The number of ether oxygens (including phenoxy) is 2. The maximum atomic E-state index is 12.9. The maximum Gasteiger partial charge on any atom is 0.325 e. The number of esters is 1. The van der Waals surface area contributed by atoms with Crippen molar-refractivity contribution >= 4 is 23.5 Å². The predicted octanol–water partition coefficient (Wildman–Crippen LogP) is 3.25. The number of rotatable bonds is 8. The molecule has 9 nitrogen and oxygen atoms in total. The van der Waals surface area contributed by atoms with E-state index in [4.69, 9.17) is 13.9 Å². The standard InChI is InChI=1S/C26H25N3O6/c1-17-9-11-18(12-10-17)20-14-21(23-8-5-13-34-23)29(28-20)24(30)16-35-25(31)15-27-26(32)19-6-3-4-7-22(19)33-2/h3-13,21H,14-16H2,1-2H3,(H,27,32). The van der Waals surface area contributed by atoms with Gasteiger partial charge < -0.3 is 19.2 Å². The lowest BCUT2D eigenvalue weighted by molar-refractivity contribution is -0.152. The fraction of sp³-hybridized carbons (Fsp3) is 0.231. The van der Waals surface area contributed by atoms with Crippen LogP contribution in [0, 0.1) is 6.92 Å². The minimum absolute atomic E-state index is 0.287. The van der Waals surface area contributed by atoms with Crippen LogP contribution in [0.2, 0.25) is 0 Å². The van der Waals surface area contributed by atoms with Crippen molar-refractivity contribution < 1.29 is 28.3 Å². The number of hydrazone groups is 1. The number of hydrogen-bond acceptors (Lipinski definition) is 7. The first kappa shape index (κ1) is 23.7. The number of hydrogen-bond donors (Lipinski definition) is 1. The van der Waals surface area contributed by atoms with E-state index in [1.807, 2.05) is 31.2 Å². The lowest BCUT2D eigenvalue weighted by Crippen LogP contribution is -2.34. The van der Waals surface area contributed by atoms with Crippen LogP contribution in [0.3, 0.4) is 0 Å². The predicted molar refractivity (Wildman–Crippen MR) is 127 cm³/mol. The first-order valence-electron chi connectivity index (χ1n) is 11.0. The molecule has 1 unspecified atom stereocenters. The zero-order valence-corrected chi connectivity index (χ0v) is 19.4. The molecule has 1 N–H and O–H groups in total. The summed E-state index contributed by atoms with van der Waals surface area (Å²) in [4.78, 5) is 37.5. The molecule has 1 atom stereocenters. The molecule has 0 spiro atoms. The number of benzene rings is 2. The van der Waals surface area contributed by atoms with E-state index in [2.05, 4.69) is 10.4 Å². The van der Waals surface area contributed by atoms with Crippen molar-refractivity contribution in [2.45, 2.75) is 19.4 Å². The number of carbonyl (C=O) groups is 3. The number of nitrogens with zero attached hydrogens (tertiary/aromatic N) is 2. The molecular formula is C26H25N3O6. The molecule has 0 fully saturated rings. The lowest BCUT2D eigenvalue weighted by atomic mass is 10.0. The van der Waals surface area contributed by atoms with Gasteiger partial charge in [0.25, 0.3) is 11.8 Å². The van der Waals surface area contributed by atoms with Gasteiger partial charge in [0.1, 0.15) is 24.1 Å². The van der Waals surface area contributed by atoms with E-state index in [0.717, 1.165) is 16.8 Å². The van der Waals surface area contributed by atoms with Crippen LogP contribution in [-0.2, 0) is 14.3 Å². The molecule has 9 heteroatoms. The zero-order valence-electron chi connectivity index (χ0n) is 19.4. The fourth-order valence-corrected chi connectivity index (χ4v) is 3.70. The second-order valence-electron chi connectivity index (χ2n) is 7.93. The van der Waals surface area contributed by atoms with Crippen molar-refractivity contribution in [3.05, 3.63) is 89.4 Å². The number of aryl methyl sites for hydroxylation is 1. The Hall–Kier alpha value is -4.40. The summed E-state index contributed by atoms with van der Waals surface area (Å²) in [6, 6.07) is 17.6. The van der Waals surface area contributed by atoms with Gasteiger partial charge in [-0.3, -0.25) is 14.4 Å². The van der Waals surface area contributed by atoms with Crippen LogP contribution in [0.4, 0.5) is 0 Å². The third-order valence-corrected chi connectivity index (χ3v) is 5.52. The van der Waals surface area contributed by atoms with Gasteiger partial charge in [-0.25, -0.2) is 5.01 Å². The van der Waals surface area contributed by atoms with E-state index in [9.17, 15) is 14.4 Å². The molecule has 0 aliphatic carbocycles. The monoisotopic (exact) mass is 475 g/mol. The van der Waals surface area contributed by atoms with Crippen LogP contribution < -0.4 is 10.1 Å². The van der Waals surface area contributed by atoms with Crippen LogP contribution in [0.5, 0.6) is 5.75 Å². The number of methoxy groups -OCH3 is 1. The van der Waals surface area contributed by atoms with Gasteiger partial charge in [-0.15, -0.1) is 0 Å². The molecule has 1 aliphatic heterocycles. The van der Waals surface area contributed by atoms with Gasteiger partial charge >= 0.3 is 5.97 Å². The minimum atomic E-state index is -0.752. The van der Waals surface area contributed by atoms with Crippen LogP contribution >= 0.6 is 0 Å². The van der Waals surface area contributed by atoms with Crippen molar-refractivity contribution in [2.75, 3.05) is 20.3 Å². The van der Waals surface area contributed by atoms with Gasteiger partial charge in [0.05, 0.1) is 24.6 Å². The molecule has 1 aromatic heterocycles. The Morgan fingerprint density at radius 2 is 1.86 bits per heavy atom. The summed E-state index contributed by atoms with van der Waals surface area (Å²) in [6.07, 6.45) is 2.00. The average molecular weight is 476 g/mol. The van der Waals surface area contributed by atoms with Gasteiger partial charge in [0.2, 0.25) is 0 Å². The summed E-state index contributed by atoms with van der Waals surface area (Å²) in [5, 5.41) is 8.26.